The molecule has 1 heterocycles. The van der Waals surface area contributed by atoms with Gasteiger partial charge in [0.15, 0.2) is 17.5 Å². The van der Waals surface area contributed by atoms with Crippen molar-refractivity contribution in [2.24, 2.45) is 4.99 Å². The average molecular weight is 538 g/mol. The second-order valence-electron chi connectivity index (χ2n) is 6.24. The van der Waals surface area contributed by atoms with Crippen LogP contribution in [0.5, 0.6) is 17.2 Å². The van der Waals surface area contributed by atoms with E-state index >= 15 is 0 Å². The van der Waals surface area contributed by atoms with E-state index in [1.54, 1.807) is 27.6 Å². The minimum atomic E-state index is 0. The number of oxazole rings is 1. The first-order valence-electron chi connectivity index (χ1n) is 9.53. The number of anilines is 1. The number of aromatic nitrogens is 1. The smallest absolute Gasteiger partial charge is 0.226 e. The quantitative estimate of drug-likeness (QED) is 0.247. The predicted octanol–water partition coefficient (Wildman–Crippen LogP) is 4.56. The van der Waals surface area contributed by atoms with Crippen molar-refractivity contribution in [2.75, 3.05) is 33.2 Å². The topological polar surface area (TPSA) is 90.1 Å². The summed E-state index contributed by atoms with van der Waals surface area (Å²) in [6, 6.07) is 13.4. The van der Waals surface area contributed by atoms with E-state index in [2.05, 4.69) is 20.6 Å². The molecule has 166 valence electrons. The first-order valence-corrected chi connectivity index (χ1v) is 9.53. The summed E-state index contributed by atoms with van der Waals surface area (Å²) in [5, 5.41) is 6.47. The molecule has 0 bridgehead atoms. The average Bonchev–Trinajstić information content (AvgIpc) is 3.26. The number of hydrogen-bond donors (Lipinski definition) is 2. The minimum Gasteiger partial charge on any atom is -0.493 e. The number of benzene rings is 2. The fraction of sp³-hybridized carbons (Fsp3) is 0.273. The van der Waals surface area contributed by atoms with Gasteiger partial charge in [-0.15, -0.1) is 24.0 Å². The number of guanidine groups is 1. The minimum absolute atomic E-state index is 0. The van der Waals surface area contributed by atoms with Crippen LogP contribution in [-0.4, -0.2) is 38.8 Å². The number of methoxy groups -OCH3 is 3. The van der Waals surface area contributed by atoms with Gasteiger partial charge in [-0.05, 0) is 19.1 Å². The standard InChI is InChI=1S/C22H26N4O4.HI/c1-5-23-22(26-16-11-18(27-2)20(29-4)19(12-16)28-3)24-13-17-14-30-21(25-17)15-9-7-6-8-10-15;/h6-12,14H,5,13H2,1-4H3,(H2,23,24,26);1H. The van der Waals surface area contributed by atoms with Gasteiger partial charge in [-0.2, -0.15) is 0 Å². The molecule has 0 atom stereocenters. The number of rotatable bonds is 8. The highest BCUT2D eigenvalue weighted by Gasteiger charge is 2.14. The van der Waals surface area contributed by atoms with Crippen LogP contribution in [0.25, 0.3) is 11.5 Å². The summed E-state index contributed by atoms with van der Waals surface area (Å²) in [6.07, 6.45) is 1.62. The molecule has 3 rings (SSSR count). The Balaban J connectivity index is 0.00000341. The van der Waals surface area contributed by atoms with Crippen LogP contribution in [0, 0.1) is 0 Å². The third-order valence-corrected chi connectivity index (χ3v) is 4.24. The molecule has 0 fully saturated rings. The van der Waals surface area contributed by atoms with E-state index in [1.807, 2.05) is 49.4 Å². The van der Waals surface area contributed by atoms with Crippen LogP contribution in [0.2, 0.25) is 0 Å². The van der Waals surface area contributed by atoms with Gasteiger partial charge in [0, 0.05) is 29.9 Å². The zero-order chi connectivity index (χ0) is 21.3. The highest BCUT2D eigenvalue weighted by molar-refractivity contribution is 14.0. The Kier molecular flexibility index (Phi) is 9.44. The summed E-state index contributed by atoms with van der Waals surface area (Å²) in [4.78, 5) is 9.11. The summed E-state index contributed by atoms with van der Waals surface area (Å²) in [6.45, 7) is 3.05. The molecule has 1 aromatic heterocycles. The lowest BCUT2D eigenvalue weighted by Crippen LogP contribution is -2.30. The largest absolute Gasteiger partial charge is 0.493 e. The SMILES string of the molecule is CCNC(=NCc1coc(-c2ccccc2)n1)Nc1cc(OC)c(OC)c(OC)c1.I. The van der Waals surface area contributed by atoms with Crippen LogP contribution < -0.4 is 24.8 Å². The predicted molar refractivity (Wildman–Crippen MR) is 132 cm³/mol. The van der Waals surface area contributed by atoms with Gasteiger partial charge in [-0.1, -0.05) is 18.2 Å². The maximum atomic E-state index is 5.58. The van der Waals surface area contributed by atoms with E-state index in [-0.39, 0.29) is 24.0 Å². The molecule has 0 saturated carbocycles. The zero-order valence-corrected chi connectivity index (χ0v) is 20.3. The summed E-state index contributed by atoms with van der Waals surface area (Å²) in [5.41, 5.74) is 2.40. The van der Waals surface area contributed by atoms with Crippen molar-refractivity contribution in [1.29, 1.82) is 0 Å². The molecule has 0 amide bonds. The molecule has 0 aliphatic heterocycles. The fourth-order valence-corrected chi connectivity index (χ4v) is 2.85. The maximum absolute atomic E-state index is 5.58. The lowest BCUT2D eigenvalue weighted by molar-refractivity contribution is 0.324. The molecule has 0 unspecified atom stereocenters. The monoisotopic (exact) mass is 538 g/mol. The lowest BCUT2D eigenvalue weighted by atomic mass is 10.2. The van der Waals surface area contributed by atoms with Crippen LogP contribution in [0.1, 0.15) is 12.6 Å². The molecule has 0 saturated heterocycles. The van der Waals surface area contributed by atoms with Crippen LogP contribution in [-0.2, 0) is 6.54 Å². The van der Waals surface area contributed by atoms with Crippen molar-refractivity contribution in [3.63, 3.8) is 0 Å². The number of nitrogens with zero attached hydrogens (tertiary/aromatic N) is 2. The fourth-order valence-electron chi connectivity index (χ4n) is 2.85. The van der Waals surface area contributed by atoms with E-state index in [1.165, 1.54) is 0 Å². The van der Waals surface area contributed by atoms with E-state index in [9.17, 15) is 0 Å². The van der Waals surface area contributed by atoms with Crippen molar-refractivity contribution >= 4 is 35.6 Å². The summed E-state index contributed by atoms with van der Waals surface area (Å²) in [5.74, 6) is 2.81. The maximum Gasteiger partial charge on any atom is 0.226 e. The Labute approximate surface area is 199 Å². The Morgan fingerprint density at radius 1 is 1.03 bits per heavy atom. The Morgan fingerprint density at radius 2 is 1.71 bits per heavy atom. The van der Waals surface area contributed by atoms with Crippen LogP contribution >= 0.6 is 24.0 Å². The van der Waals surface area contributed by atoms with Crippen molar-refractivity contribution in [1.82, 2.24) is 10.3 Å². The second kappa shape index (κ2) is 12.0. The molecular weight excluding hydrogens is 511 g/mol. The van der Waals surface area contributed by atoms with Gasteiger partial charge in [0.2, 0.25) is 11.6 Å². The number of aliphatic imine (C=N–C) groups is 1. The number of ether oxygens (including phenoxy) is 3. The molecular formula is C22H27IN4O4. The highest BCUT2D eigenvalue weighted by atomic mass is 127. The number of hydrogen-bond acceptors (Lipinski definition) is 6. The molecule has 2 aromatic carbocycles. The van der Waals surface area contributed by atoms with Crippen molar-refractivity contribution in [3.05, 3.63) is 54.4 Å². The van der Waals surface area contributed by atoms with E-state index in [0.717, 1.165) is 16.9 Å². The molecule has 9 heteroatoms. The number of halogens is 1. The van der Waals surface area contributed by atoms with Gasteiger partial charge < -0.3 is 29.3 Å². The van der Waals surface area contributed by atoms with Crippen molar-refractivity contribution in [2.45, 2.75) is 13.5 Å². The lowest BCUT2D eigenvalue weighted by Gasteiger charge is -2.16. The summed E-state index contributed by atoms with van der Waals surface area (Å²) < 4.78 is 21.8. The van der Waals surface area contributed by atoms with Gasteiger partial charge >= 0.3 is 0 Å². The van der Waals surface area contributed by atoms with Gasteiger partial charge in [0.1, 0.15) is 12.0 Å². The first-order chi connectivity index (χ1) is 14.7. The molecule has 2 N–H and O–H groups in total. The Hall–Kier alpha value is -2.95. The van der Waals surface area contributed by atoms with E-state index in [0.29, 0.717) is 42.2 Å². The molecule has 31 heavy (non-hydrogen) atoms. The molecule has 0 spiro atoms. The molecule has 0 aliphatic carbocycles. The van der Waals surface area contributed by atoms with Gasteiger partial charge in [-0.3, -0.25) is 0 Å². The third kappa shape index (κ3) is 6.27. The molecule has 0 radical (unpaired) electrons. The Bertz CT molecular complexity index is 967. The Morgan fingerprint density at radius 3 is 2.29 bits per heavy atom. The normalized spacial score (nSPS) is 10.8. The van der Waals surface area contributed by atoms with Crippen LogP contribution in [0.3, 0.4) is 0 Å². The van der Waals surface area contributed by atoms with E-state index in [4.69, 9.17) is 18.6 Å². The highest BCUT2D eigenvalue weighted by Crippen LogP contribution is 2.39. The third-order valence-electron chi connectivity index (χ3n) is 4.24. The van der Waals surface area contributed by atoms with Crippen LogP contribution in [0.4, 0.5) is 5.69 Å². The second-order valence-corrected chi connectivity index (χ2v) is 6.24. The van der Waals surface area contributed by atoms with E-state index < -0.39 is 0 Å². The summed E-state index contributed by atoms with van der Waals surface area (Å²) >= 11 is 0. The van der Waals surface area contributed by atoms with Gasteiger partial charge in [0.05, 0.1) is 27.9 Å². The van der Waals surface area contributed by atoms with Gasteiger partial charge in [0.25, 0.3) is 0 Å². The summed E-state index contributed by atoms with van der Waals surface area (Å²) in [7, 11) is 4.73. The molecule has 3 aromatic rings. The number of nitrogens with one attached hydrogen (secondary N) is 2. The first kappa shape index (κ1) is 24.3. The van der Waals surface area contributed by atoms with Crippen molar-refractivity contribution in [3.8, 4) is 28.7 Å². The molecule has 0 aliphatic rings. The van der Waals surface area contributed by atoms with Crippen LogP contribution in [0.15, 0.2) is 58.1 Å². The zero-order valence-electron chi connectivity index (χ0n) is 18.0. The van der Waals surface area contributed by atoms with Gasteiger partial charge in [-0.25, -0.2) is 9.98 Å². The van der Waals surface area contributed by atoms with Crippen molar-refractivity contribution < 1.29 is 18.6 Å². The molecule has 8 nitrogen and oxygen atoms in total.